The number of ether oxygens (including phenoxy) is 2. The number of thiocarbonyl (C=S) groups is 2. The van der Waals surface area contributed by atoms with E-state index in [-0.39, 0.29) is 0 Å². The van der Waals surface area contributed by atoms with Crippen LogP contribution in [0.1, 0.15) is 310 Å². The average Bonchev–Trinajstić information content (AvgIpc) is 3.23. The van der Waals surface area contributed by atoms with E-state index in [1.54, 1.807) is 0 Å². The molecule has 0 unspecified atom stereocenters. The fraction of sp³-hybridized carbons (Fsp3) is 0.963. The molecule has 0 aromatic heterocycles. The van der Waals surface area contributed by atoms with E-state index < -0.39 is 11.2 Å². The lowest BCUT2D eigenvalue weighted by atomic mass is 9.84. The maximum Gasteiger partial charge on any atom is 0.119 e. The number of nitrogens with two attached hydrogens (primary N) is 2. The Balaban J connectivity index is 5.98. The van der Waals surface area contributed by atoms with Crippen molar-refractivity contribution in [1.82, 2.24) is 0 Å². The molecule has 4 nitrogen and oxygen atoms in total. The third-order valence-electron chi connectivity index (χ3n) is 13.3. The first-order valence-corrected chi connectivity index (χ1v) is 28.0. The molecule has 0 aromatic carbocycles. The van der Waals surface area contributed by atoms with Gasteiger partial charge in [0.15, 0.2) is 0 Å². The fourth-order valence-corrected chi connectivity index (χ4v) is 9.67. The monoisotopic (exact) mass is 881 g/mol. The van der Waals surface area contributed by atoms with Crippen molar-refractivity contribution in [1.29, 1.82) is 0 Å². The van der Waals surface area contributed by atoms with Crippen LogP contribution in [0, 0.1) is 0 Å². The summed E-state index contributed by atoms with van der Waals surface area (Å²) in [6, 6.07) is 0. The summed E-state index contributed by atoms with van der Waals surface area (Å²) >= 11 is 11.4. The lowest BCUT2D eigenvalue weighted by molar-refractivity contribution is -0.167. The molecule has 0 fully saturated rings. The van der Waals surface area contributed by atoms with Gasteiger partial charge in [0.1, 0.15) is 10.6 Å². The lowest BCUT2D eigenvalue weighted by Crippen LogP contribution is -2.54. The van der Waals surface area contributed by atoms with E-state index >= 15 is 0 Å². The van der Waals surface area contributed by atoms with Crippen molar-refractivity contribution in [2.45, 2.75) is 321 Å². The minimum absolute atomic E-state index is 0.299. The minimum atomic E-state index is -0.598. The van der Waals surface area contributed by atoms with Crippen molar-refractivity contribution in [3.8, 4) is 0 Å². The molecule has 4 N–H and O–H groups in total. The number of hydrogen-bond donors (Lipinski definition) is 2. The molecule has 0 aliphatic heterocycles. The zero-order valence-electron chi connectivity index (χ0n) is 41.3. The van der Waals surface area contributed by atoms with E-state index in [4.69, 9.17) is 45.4 Å². The first-order valence-electron chi connectivity index (χ1n) is 27.2. The molecule has 60 heavy (non-hydrogen) atoms. The van der Waals surface area contributed by atoms with E-state index in [0.29, 0.717) is 23.2 Å². The first-order chi connectivity index (χ1) is 29.3. The highest BCUT2D eigenvalue weighted by Crippen LogP contribution is 2.38. The molecule has 0 amide bonds. The molecule has 0 aliphatic rings. The van der Waals surface area contributed by atoms with Crippen LogP contribution in [-0.2, 0) is 9.47 Å². The van der Waals surface area contributed by atoms with Crippen LogP contribution < -0.4 is 11.5 Å². The van der Waals surface area contributed by atoms with Gasteiger partial charge in [0.2, 0.25) is 0 Å². The molecule has 0 heterocycles. The Kier molecular flexibility index (Phi) is 45.0. The standard InChI is InChI=1S/C54H108N2O2S2/c1-5-9-13-17-21-25-29-33-37-41-45-53(50-57-49-51(55)59,46-42-38-34-30-26-22-18-14-10-6-2)58-54(52(56)60,47-43-39-35-31-27-23-19-15-11-7-3)48-44-40-36-32-28-24-20-16-12-8-4/h5-50H2,1-4H3,(H2,55,59)(H2,56,60). The SMILES string of the molecule is CCCCCCCCCCCCC(CCCCCCCCCCCC)(COCC(N)=S)OC(CCCCCCCCCCCC)(CCCCCCCCCCCC)C(N)=S. The topological polar surface area (TPSA) is 70.5 Å². The minimum Gasteiger partial charge on any atom is -0.391 e. The van der Waals surface area contributed by atoms with Crippen molar-refractivity contribution >= 4 is 34.4 Å². The highest BCUT2D eigenvalue weighted by atomic mass is 32.1. The molecule has 0 saturated heterocycles. The number of rotatable bonds is 51. The van der Waals surface area contributed by atoms with Crippen LogP contribution in [0.5, 0.6) is 0 Å². The fourth-order valence-electron chi connectivity index (χ4n) is 9.34. The summed E-state index contributed by atoms with van der Waals surface area (Å²) in [4.78, 5) is 0.984. The Morgan fingerprint density at radius 1 is 0.350 bits per heavy atom. The maximum absolute atomic E-state index is 7.72. The Morgan fingerprint density at radius 2 is 0.583 bits per heavy atom. The van der Waals surface area contributed by atoms with Crippen LogP contribution in [-0.4, -0.2) is 34.4 Å². The van der Waals surface area contributed by atoms with E-state index in [2.05, 4.69) is 27.7 Å². The summed E-state index contributed by atoms with van der Waals surface area (Å²) in [7, 11) is 0. The van der Waals surface area contributed by atoms with Gasteiger partial charge < -0.3 is 20.9 Å². The van der Waals surface area contributed by atoms with Crippen LogP contribution in [0.25, 0.3) is 0 Å². The van der Waals surface area contributed by atoms with Crippen LogP contribution >= 0.6 is 24.4 Å². The molecule has 0 rings (SSSR count). The van der Waals surface area contributed by atoms with Crippen LogP contribution in [0.2, 0.25) is 0 Å². The van der Waals surface area contributed by atoms with E-state index in [9.17, 15) is 0 Å². The van der Waals surface area contributed by atoms with E-state index in [0.717, 1.165) is 51.4 Å². The quantitative estimate of drug-likeness (QED) is 0.0469. The highest BCUT2D eigenvalue weighted by Gasteiger charge is 2.43. The maximum atomic E-state index is 7.72. The summed E-state index contributed by atoms with van der Waals surface area (Å²) in [5.74, 6) is 0. The molecule has 0 aromatic rings. The van der Waals surface area contributed by atoms with Crippen molar-refractivity contribution in [3.63, 3.8) is 0 Å². The molecule has 0 spiro atoms. The van der Waals surface area contributed by atoms with Gasteiger partial charge in [0, 0.05) is 0 Å². The van der Waals surface area contributed by atoms with Gasteiger partial charge in [-0.15, -0.1) is 0 Å². The van der Waals surface area contributed by atoms with Gasteiger partial charge in [-0.2, -0.15) is 0 Å². The third kappa shape index (κ3) is 37.1. The van der Waals surface area contributed by atoms with Crippen molar-refractivity contribution in [2.75, 3.05) is 13.2 Å². The summed E-state index contributed by atoms with van der Waals surface area (Å²) in [5, 5.41) is 0. The van der Waals surface area contributed by atoms with Crippen molar-refractivity contribution in [3.05, 3.63) is 0 Å². The summed E-state index contributed by atoms with van der Waals surface area (Å²) in [6.45, 7) is 10.0. The predicted molar refractivity (Wildman–Crippen MR) is 277 cm³/mol. The third-order valence-corrected chi connectivity index (χ3v) is 13.8. The Hall–Kier alpha value is -0.300. The largest absolute Gasteiger partial charge is 0.391 e. The molecule has 0 atom stereocenters. The summed E-state index contributed by atoms with van der Waals surface area (Å²) < 4.78 is 14.1. The molecule has 0 saturated carbocycles. The van der Waals surface area contributed by atoms with E-state index in [1.807, 2.05) is 0 Å². The Morgan fingerprint density at radius 3 is 0.817 bits per heavy atom. The summed E-state index contributed by atoms with van der Waals surface area (Å²) in [6.07, 6.45) is 56.7. The first kappa shape index (κ1) is 59.7. The molecule has 0 radical (unpaired) electrons. The molecular weight excluding hydrogens is 773 g/mol. The molecule has 358 valence electrons. The van der Waals surface area contributed by atoms with Gasteiger partial charge in [-0.3, -0.25) is 0 Å². The molecule has 6 heteroatoms. The van der Waals surface area contributed by atoms with Crippen LogP contribution in [0.15, 0.2) is 0 Å². The van der Waals surface area contributed by atoms with Crippen molar-refractivity contribution < 1.29 is 9.47 Å². The lowest BCUT2D eigenvalue weighted by Gasteiger charge is -2.44. The second kappa shape index (κ2) is 45.3. The van der Waals surface area contributed by atoms with Gasteiger partial charge in [0.05, 0.1) is 23.8 Å². The number of unbranched alkanes of at least 4 members (excludes halogenated alkanes) is 36. The van der Waals surface area contributed by atoms with Crippen LogP contribution in [0.3, 0.4) is 0 Å². The molecule has 0 aliphatic carbocycles. The summed E-state index contributed by atoms with van der Waals surface area (Å²) in [5.41, 5.74) is 11.9. The van der Waals surface area contributed by atoms with Gasteiger partial charge in [-0.05, 0) is 25.7 Å². The van der Waals surface area contributed by atoms with Crippen LogP contribution in [0.4, 0.5) is 0 Å². The second-order valence-corrected chi connectivity index (χ2v) is 20.3. The van der Waals surface area contributed by atoms with Gasteiger partial charge in [-0.1, -0.05) is 309 Å². The molecule has 0 bridgehead atoms. The van der Waals surface area contributed by atoms with Gasteiger partial charge in [0.25, 0.3) is 0 Å². The zero-order valence-corrected chi connectivity index (χ0v) is 42.9. The van der Waals surface area contributed by atoms with Crippen molar-refractivity contribution in [2.24, 2.45) is 11.5 Å². The smallest absolute Gasteiger partial charge is 0.119 e. The Bertz CT molecular complexity index is 866. The van der Waals surface area contributed by atoms with Gasteiger partial charge in [-0.25, -0.2) is 0 Å². The highest BCUT2D eigenvalue weighted by molar-refractivity contribution is 7.80. The molecular formula is C54H108N2O2S2. The van der Waals surface area contributed by atoms with Gasteiger partial charge >= 0.3 is 0 Å². The Labute approximate surface area is 388 Å². The predicted octanol–water partition coefficient (Wildman–Crippen LogP) is 18.3. The average molecular weight is 882 g/mol. The second-order valence-electron chi connectivity index (χ2n) is 19.3. The van der Waals surface area contributed by atoms with E-state index in [1.165, 1.54) is 231 Å². The number of hydrogen-bond acceptors (Lipinski definition) is 4. The zero-order chi connectivity index (χ0) is 44.1. The normalized spacial score (nSPS) is 12.1.